The molecule has 2 fully saturated rings. The Morgan fingerprint density at radius 2 is 2.08 bits per heavy atom. The number of amides is 1. The van der Waals surface area contributed by atoms with Gasteiger partial charge in [0.15, 0.2) is 0 Å². The van der Waals surface area contributed by atoms with E-state index < -0.39 is 0 Å². The van der Waals surface area contributed by atoms with Crippen molar-refractivity contribution in [1.29, 1.82) is 0 Å². The Kier molecular flexibility index (Phi) is 4.14. The molecule has 1 saturated heterocycles. The van der Waals surface area contributed by atoms with E-state index in [2.05, 4.69) is 39.5 Å². The number of aromatic nitrogens is 2. The van der Waals surface area contributed by atoms with Gasteiger partial charge in [-0.15, -0.1) is 0 Å². The van der Waals surface area contributed by atoms with Crippen LogP contribution >= 0.6 is 0 Å². The van der Waals surface area contributed by atoms with Crippen LogP contribution < -0.4 is 10.6 Å². The summed E-state index contributed by atoms with van der Waals surface area (Å²) in [5.41, 5.74) is 1.56. The molecule has 2 aliphatic heterocycles. The van der Waals surface area contributed by atoms with Crippen LogP contribution in [0.2, 0.25) is 0 Å². The largest absolute Gasteiger partial charge is 0.368 e. The van der Waals surface area contributed by atoms with Crippen LogP contribution in [-0.4, -0.2) is 78.5 Å². The fourth-order valence-electron chi connectivity index (χ4n) is 3.52. The highest BCUT2D eigenvalue weighted by Crippen LogP contribution is 2.39. The van der Waals surface area contributed by atoms with Crippen molar-refractivity contribution in [3.8, 4) is 0 Å². The van der Waals surface area contributed by atoms with Gasteiger partial charge in [-0.25, -0.2) is 9.97 Å². The monoisotopic (exact) mass is 330 g/mol. The van der Waals surface area contributed by atoms with Gasteiger partial charge in [-0.05, 0) is 33.4 Å². The first-order chi connectivity index (χ1) is 11.6. The quantitative estimate of drug-likeness (QED) is 0.827. The van der Waals surface area contributed by atoms with Crippen LogP contribution in [0.1, 0.15) is 40.6 Å². The molecule has 1 aliphatic carbocycles. The number of fused-ring (bicyclic) bond motifs is 1. The smallest absolute Gasteiger partial charge is 0.270 e. The zero-order valence-electron chi connectivity index (χ0n) is 14.5. The minimum atomic E-state index is -0.0573. The third kappa shape index (κ3) is 3.10. The van der Waals surface area contributed by atoms with E-state index >= 15 is 0 Å². The molecular formula is C17H26N6O. The van der Waals surface area contributed by atoms with Gasteiger partial charge in [0.25, 0.3) is 5.91 Å². The van der Waals surface area contributed by atoms with Gasteiger partial charge < -0.3 is 15.5 Å². The molecule has 0 bridgehead atoms. The van der Waals surface area contributed by atoms with Crippen molar-refractivity contribution in [3.63, 3.8) is 0 Å². The fraction of sp³-hybridized carbons (Fsp3) is 0.706. The molecule has 1 unspecified atom stereocenters. The van der Waals surface area contributed by atoms with Gasteiger partial charge in [-0.1, -0.05) is 0 Å². The highest BCUT2D eigenvalue weighted by atomic mass is 16.1. The first-order valence-electron chi connectivity index (χ1n) is 8.93. The van der Waals surface area contributed by atoms with Crippen molar-refractivity contribution in [3.05, 3.63) is 17.1 Å². The lowest BCUT2D eigenvalue weighted by molar-refractivity contribution is 0.0940. The SMILES string of the molecule is CN1CCN(C)C(CNc2nc(C3CC3)nc3c2CCNC3=O)C1. The van der Waals surface area contributed by atoms with E-state index in [0.29, 0.717) is 24.2 Å². The molecule has 7 nitrogen and oxygen atoms in total. The van der Waals surface area contributed by atoms with Crippen LogP contribution in [0.3, 0.4) is 0 Å². The zero-order chi connectivity index (χ0) is 16.7. The second kappa shape index (κ2) is 6.29. The van der Waals surface area contributed by atoms with Crippen LogP contribution in [0.15, 0.2) is 0 Å². The standard InChI is InChI=1S/C17H26N6O/c1-22-7-8-23(2)12(10-22)9-19-16-13-5-6-18-17(24)14(13)20-15(21-16)11-3-4-11/h11-12H,3-10H2,1-2H3,(H,18,24)(H,19,20,21). The molecule has 1 atom stereocenters. The van der Waals surface area contributed by atoms with Gasteiger partial charge in [-0.2, -0.15) is 0 Å². The number of nitrogens with one attached hydrogen (secondary N) is 2. The molecule has 0 radical (unpaired) electrons. The van der Waals surface area contributed by atoms with Crippen LogP contribution in [0.4, 0.5) is 5.82 Å². The van der Waals surface area contributed by atoms with Crippen molar-refractivity contribution < 1.29 is 4.79 Å². The van der Waals surface area contributed by atoms with Gasteiger partial charge in [0.1, 0.15) is 17.3 Å². The predicted molar refractivity (Wildman–Crippen MR) is 92.4 cm³/mol. The summed E-state index contributed by atoms with van der Waals surface area (Å²) < 4.78 is 0. The molecule has 1 amide bonds. The minimum Gasteiger partial charge on any atom is -0.368 e. The van der Waals surface area contributed by atoms with Crippen LogP contribution in [0.25, 0.3) is 0 Å². The topological polar surface area (TPSA) is 73.4 Å². The molecule has 4 rings (SSSR count). The maximum absolute atomic E-state index is 12.2. The van der Waals surface area contributed by atoms with Crippen molar-refractivity contribution in [2.45, 2.75) is 31.2 Å². The maximum atomic E-state index is 12.2. The first kappa shape index (κ1) is 15.8. The minimum absolute atomic E-state index is 0.0573. The van der Waals surface area contributed by atoms with E-state index in [1.165, 1.54) is 0 Å². The van der Waals surface area contributed by atoms with Crippen molar-refractivity contribution in [1.82, 2.24) is 25.1 Å². The summed E-state index contributed by atoms with van der Waals surface area (Å²) in [7, 11) is 4.35. The number of carbonyl (C=O) groups is 1. The number of likely N-dealkylation sites (N-methyl/N-ethyl adjacent to an activating group) is 2. The van der Waals surface area contributed by atoms with E-state index in [1.807, 2.05) is 0 Å². The second-order valence-corrected chi connectivity index (χ2v) is 7.32. The summed E-state index contributed by atoms with van der Waals surface area (Å²) >= 11 is 0. The third-order valence-corrected chi connectivity index (χ3v) is 5.33. The zero-order valence-corrected chi connectivity index (χ0v) is 14.5. The van der Waals surface area contributed by atoms with E-state index in [4.69, 9.17) is 4.98 Å². The van der Waals surface area contributed by atoms with Crippen molar-refractivity contribution in [2.75, 3.05) is 52.1 Å². The molecule has 0 aromatic carbocycles. The molecule has 24 heavy (non-hydrogen) atoms. The molecule has 7 heteroatoms. The van der Waals surface area contributed by atoms with Crippen molar-refractivity contribution >= 4 is 11.7 Å². The predicted octanol–water partition coefficient (Wildman–Crippen LogP) is 0.298. The molecule has 3 aliphatic rings. The number of rotatable bonds is 4. The number of hydrogen-bond donors (Lipinski definition) is 2. The third-order valence-electron chi connectivity index (χ3n) is 5.33. The van der Waals surface area contributed by atoms with E-state index in [0.717, 1.165) is 62.6 Å². The van der Waals surface area contributed by atoms with E-state index in [-0.39, 0.29) is 5.91 Å². The number of hydrogen-bond acceptors (Lipinski definition) is 6. The van der Waals surface area contributed by atoms with Crippen LogP contribution in [0, 0.1) is 0 Å². The Balaban J connectivity index is 1.56. The Labute approximate surface area is 142 Å². The number of piperazine rings is 1. The number of carbonyl (C=O) groups excluding carboxylic acids is 1. The Morgan fingerprint density at radius 1 is 1.25 bits per heavy atom. The average molecular weight is 330 g/mol. The number of anilines is 1. The maximum Gasteiger partial charge on any atom is 0.270 e. The van der Waals surface area contributed by atoms with Crippen LogP contribution in [0.5, 0.6) is 0 Å². The number of nitrogens with zero attached hydrogens (tertiary/aromatic N) is 4. The van der Waals surface area contributed by atoms with Gasteiger partial charge in [0, 0.05) is 50.2 Å². The molecule has 2 N–H and O–H groups in total. The molecule has 130 valence electrons. The summed E-state index contributed by atoms with van der Waals surface area (Å²) in [5.74, 6) is 2.09. The Bertz CT molecular complexity index is 644. The lowest BCUT2D eigenvalue weighted by atomic mass is 10.1. The first-order valence-corrected chi connectivity index (χ1v) is 8.93. The molecule has 1 saturated carbocycles. The molecular weight excluding hydrogens is 304 g/mol. The molecule has 3 heterocycles. The summed E-state index contributed by atoms with van der Waals surface area (Å²) in [6.45, 7) is 4.75. The van der Waals surface area contributed by atoms with Gasteiger partial charge in [0.05, 0.1) is 0 Å². The molecule has 1 aromatic heterocycles. The summed E-state index contributed by atoms with van der Waals surface area (Å²) in [4.78, 5) is 26.3. The Morgan fingerprint density at radius 3 is 2.88 bits per heavy atom. The van der Waals surface area contributed by atoms with Crippen LogP contribution in [-0.2, 0) is 6.42 Å². The summed E-state index contributed by atoms with van der Waals surface area (Å²) in [6.07, 6.45) is 3.07. The average Bonchev–Trinajstić information content (AvgIpc) is 3.41. The van der Waals surface area contributed by atoms with E-state index in [1.54, 1.807) is 0 Å². The van der Waals surface area contributed by atoms with Gasteiger partial charge in [-0.3, -0.25) is 9.69 Å². The fourth-order valence-corrected chi connectivity index (χ4v) is 3.52. The summed E-state index contributed by atoms with van der Waals surface area (Å²) in [5, 5.41) is 6.44. The van der Waals surface area contributed by atoms with E-state index in [9.17, 15) is 4.79 Å². The van der Waals surface area contributed by atoms with Gasteiger partial charge in [0.2, 0.25) is 0 Å². The lowest BCUT2D eigenvalue weighted by Gasteiger charge is -2.38. The molecule has 1 aromatic rings. The van der Waals surface area contributed by atoms with Gasteiger partial charge >= 0.3 is 0 Å². The summed E-state index contributed by atoms with van der Waals surface area (Å²) in [6, 6.07) is 0.455. The Hall–Kier alpha value is -1.73. The normalized spacial score (nSPS) is 25.2. The lowest BCUT2D eigenvalue weighted by Crippen LogP contribution is -2.52. The second-order valence-electron chi connectivity index (χ2n) is 7.32. The molecule has 0 spiro atoms. The highest BCUT2D eigenvalue weighted by Gasteiger charge is 2.31. The van der Waals surface area contributed by atoms with Crippen molar-refractivity contribution in [2.24, 2.45) is 0 Å². The highest BCUT2D eigenvalue weighted by molar-refractivity contribution is 5.96.